The fraction of sp³-hybridized carbons (Fsp3) is 0.0870. The number of aromatic carboxylic acids is 1. The van der Waals surface area contributed by atoms with E-state index in [1.165, 1.54) is 18.3 Å². The summed E-state index contributed by atoms with van der Waals surface area (Å²) >= 11 is 0. The Morgan fingerprint density at radius 3 is 2.30 bits per heavy atom. The number of hydrazone groups is 1. The molecule has 3 aromatic rings. The fourth-order valence-electron chi connectivity index (χ4n) is 2.59. The molecule has 0 aromatic heterocycles. The summed E-state index contributed by atoms with van der Waals surface area (Å²) in [6.45, 7) is 0.267. The molecule has 7 nitrogen and oxygen atoms in total. The van der Waals surface area contributed by atoms with Crippen LogP contribution < -0.4 is 14.9 Å². The molecular formula is C23H20N2O5. The summed E-state index contributed by atoms with van der Waals surface area (Å²) in [5.74, 6) is -0.0625. The van der Waals surface area contributed by atoms with Gasteiger partial charge in [0, 0.05) is 11.1 Å². The van der Waals surface area contributed by atoms with Crippen molar-refractivity contribution in [2.75, 3.05) is 7.11 Å². The first kappa shape index (κ1) is 20.6. The number of carboxylic acid groups (broad SMARTS) is 1. The topological polar surface area (TPSA) is 97.2 Å². The number of rotatable bonds is 8. The summed E-state index contributed by atoms with van der Waals surface area (Å²) in [6.07, 6.45) is 1.50. The number of nitrogens with one attached hydrogen (secondary N) is 1. The highest BCUT2D eigenvalue weighted by molar-refractivity contribution is 5.95. The molecule has 0 radical (unpaired) electrons. The predicted molar refractivity (Wildman–Crippen MR) is 112 cm³/mol. The molecule has 0 atom stereocenters. The van der Waals surface area contributed by atoms with Crippen molar-refractivity contribution in [2.24, 2.45) is 5.10 Å². The van der Waals surface area contributed by atoms with Gasteiger partial charge in [0.25, 0.3) is 5.91 Å². The summed E-state index contributed by atoms with van der Waals surface area (Å²) in [4.78, 5) is 23.1. The maximum absolute atomic E-state index is 12.2. The van der Waals surface area contributed by atoms with Crippen LogP contribution in [0.15, 0.2) is 77.9 Å². The summed E-state index contributed by atoms with van der Waals surface area (Å²) in [7, 11) is 1.56. The van der Waals surface area contributed by atoms with Crippen LogP contribution in [0.25, 0.3) is 0 Å². The summed E-state index contributed by atoms with van der Waals surface area (Å²) in [5.41, 5.74) is 4.69. The first-order valence-corrected chi connectivity index (χ1v) is 9.08. The number of ether oxygens (including phenoxy) is 2. The fourth-order valence-corrected chi connectivity index (χ4v) is 2.59. The molecule has 7 heteroatoms. The largest absolute Gasteiger partial charge is 0.497 e. The average Bonchev–Trinajstić information content (AvgIpc) is 2.78. The number of hydrogen-bond acceptors (Lipinski definition) is 5. The van der Waals surface area contributed by atoms with Gasteiger partial charge in [-0.25, -0.2) is 10.2 Å². The Bertz CT molecular complexity index is 1040. The zero-order chi connectivity index (χ0) is 21.3. The van der Waals surface area contributed by atoms with E-state index in [9.17, 15) is 9.59 Å². The second-order valence-corrected chi connectivity index (χ2v) is 6.26. The van der Waals surface area contributed by atoms with Gasteiger partial charge in [-0.1, -0.05) is 24.3 Å². The Hall–Kier alpha value is -4.13. The van der Waals surface area contributed by atoms with Gasteiger partial charge in [0.05, 0.1) is 18.9 Å². The van der Waals surface area contributed by atoms with E-state index in [4.69, 9.17) is 14.6 Å². The maximum atomic E-state index is 12.2. The second kappa shape index (κ2) is 9.88. The quantitative estimate of drug-likeness (QED) is 0.440. The van der Waals surface area contributed by atoms with Gasteiger partial charge in [-0.2, -0.15) is 5.10 Å². The average molecular weight is 404 g/mol. The molecule has 0 aliphatic rings. The van der Waals surface area contributed by atoms with Gasteiger partial charge in [0.1, 0.15) is 18.1 Å². The van der Waals surface area contributed by atoms with Crippen LogP contribution in [0.4, 0.5) is 0 Å². The highest BCUT2D eigenvalue weighted by Gasteiger charge is 2.06. The van der Waals surface area contributed by atoms with Crippen molar-refractivity contribution >= 4 is 18.1 Å². The first-order valence-electron chi connectivity index (χ1n) is 9.08. The zero-order valence-electron chi connectivity index (χ0n) is 16.2. The lowest BCUT2D eigenvalue weighted by molar-refractivity contribution is 0.0696. The van der Waals surface area contributed by atoms with E-state index in [1.807, 2.05) is 18.2 Å². The van der Waals surface area contributed by atoms with Gasteiger partial charge in [-0.3, -0.25) is 4.79 Å². The molecule has 0 saturated heterocycles. The predicted octanol–water partition coefficient (Wildman–Crippen LogP) is 3.74. The van der Waals surface area contributed by atoms with Gasteiger partial charge in [0.2, 0.25) is 0 Å². The molecule has 0 heterocycles. The SMILES string of the molecule is COc1ccc(C(=O)N/N=C\c2ccccc2OCc2ccc(C(=O)O)cc2)cc1. The lowest BCUT2D eigenvalue weighted by Crippen LogP contribution is -2.17. The molecule has 0 bridgehead atoms. The number of benzene rings is 3. The Labute approximate surface area is 173 Å². The molecule has 0 unspecified atom stereocenters. The highest BCUT2D eigenvalue weighted by Crippen LogP contribution is 2.18. The minimum atomic E-state index is -0.972. The molecule has 3 aromatic carbocycles. The lowest BCUT2D eigenvalue weighted by atomic mass is 10.1. The van der Waals surface area contributed by atoms with Crippen molar-refractivity contribution in [1.29, 1.82) is 0 Å². The van der Waals surface area contributed by atoms with Crippen LogP contribution in [0.2, 0.25) is 0 Å². The third-order valence-electron chi connectivity index (χ3n) is 4.24. The molecule has 3 rings (SSSR count). The minimum Gasteiger partial charge on any atom is -0.497 e. The van der Waals surface area contributed by atoms with E-state index in [-0.39, 0.29) is 18.1 Å². The first-order chi connectivity index (χ1) is 14.6. The molecule has 30 heavy (non-hydrogen) atoms. The molecule has 1 amide bonds. The van der Waals surface area contributed by atoms with Crippen molar-refractivity contribution < 1.29 is 24.2 Å². The molecule has 0 spiro atoms. The van der Waals surface area contributed by atoms with Gasteiger partial charge >= 0.3 is 5.97 Å². The van der Waals surface area contributed by atoms with Crippen LogP contribution in [-0.4, -0.2) is 30.3 Å². The number of carbonyl (C=O) groups is 2. The van der Waals surface area contributed by atoms with Crippen molar-refractivity contribution in [3.63, 3.8) is 0 Å². The van der Waals surface area contributed by atoms with Gasteiger partial charge in [-0.15, -0.1) is 0 Å². The number of para-hydroxylation sites is 1. The molecule has 152 valence electrons. The van der Waals surface area contributed by atoms with Gasteiger partial charge < -0.3 is 14.6 Å². The van der Waals surface area contributed by atoms with Crippen molar-refractivity contribution in [2.45, 2.75) is 6.61 Å². The minimum absolute atomic E-state index is 0.221. The smallest absolute Gasteiger partial charge is 0.335 e. The molecule has 0 fully saturated rings. The summed E-state index contributed by atoms with van der Waals surface area (Å²) in [6, 6.07) is 20.4. The number of carbonyl (C=O) groups excluding carboxylic acids is 1. The molecule has 0 aliphatic carbocycles. The molecular weight excluding hydrogens is 384 g/mol. The van der Waals surface area contributed by atoms with E-state index in [2.05, 4.69) is 10.5 Å². The van der Waals surface area contributed by atoms with Crippen LogP contribution in [-0.2, 0) is 6.61 Å². The number of amides is 1. The highest BCUT2D eigenvalue weighted by atomic mass is 16.5. The standard InChI is InChI=1S/C23H20N2O5/c1-29-20-12-10-17(11-13-20)22(26)25-24-14-19-4-2-3-5-21(19)30-15-16-6-8-18(9-7-16)23(27)28/h2-14H,15H2,1H3,(H,25,26)(H,27,28)/b24-14-. The van der Waals surface area contributed by atoms with Crippen molar-refractivity contribution in [3.8, 4) is 11.5 Å². The number of nitrogens with zero attached hydrogens (tertiary/aromatic N) is 1. The van der Waals surface area contributed by atoms with Crippen LogP contribution in [0.3, 0.4) is 0 Å². The Kier molecular flexibility index (Phi) is 6.78. The van der Waals surface area contributed by atoms with Crippen molar-refractivity contribution in [1.82, 2.24) is 5.43 Å². The Balaban J connectivity index is 1.61. The Morgan fingerprint density at radius 2 is 1.63 bits per heavy atom. The van der Waals surface area contributed by atoms with Crippen LogP contribution in [0.5, 0.6) is 11.5 Å². The van der Waals surface area contributed by atoms with Gasteiger partial charge in [0.15, 0.2) is 0 Å². The summed E-state index contributed by atoms with van der Waals surface area (Å²) < 4.78 is 10.9. The third kappa shape index (κ3) is 5.45. The number of hydrogen-bond donors (Lipinski definition) is 2. The maximum Gasteiger partial charge on any atom is 0.335 e. The van der Waals surface area contributed by atoms with Crippen molar-refractivity contribution in [3.05, 3.63) is 95.1 Å². The molecule has 0 aliphatic heterocycles. The summed E-state index contributed by atoms with van der Waals surface area (Å²) in [5, 5.41) is 13.0. The van der Waals surface area contributed by atoms with Gasteiger partial charge in [-0.05, 0) is 54.1 Å². The van der Waals surface area contributed by atoms with E-state index in [1.54, 1.807) is 49.6 Å². The van der Waals surface area contributed by atoms with E-state index >= 15 is 0 Å². The lowest BCUT2D eigenvalue weighted by Gasteiger charge is -2.09. The van der Waals surface area contributed by atoms with E-state index < -0.39 is 5.97 Å². The third-order valence-corrected chi connectivity index (χ3v) is 4.24. The monoisotopic (exact) mass is 404 g/mol. The van der Waals surface area contributed by atoms with E-state index in [0.29, 0.717) is 22.6 Å². The number of methoxy groups -OCH3 is 1. The van der Waals surface area contributed by atoms with Crippen LogP contribution in [0.1, 0.15) is 31.8 Å². The van der Waals surface area contributed by atoms with E-state index in [0.717, 1.165) is 5.56 Å². The zero-order valence-corrected chi connectivity index (χ0v) is 16.2. The number of carboxylic acids is 1. The van der Waals surface area contributed by atoms with Crippen LogP contribution >= 0.6 is 0 Å². The molecule has 2 N–H and O–H groups in total. The van der Waals surface area contributed by atoms with Crippen LogP contribution in [0, 0.1) is 0 Å². The normalized spacial score (nSPS) is 10.6. The molecule has 0 saturated carbocycles. The second-order valence-electron chi connectivity index (χ2n) is 6.26. The Morgan fingerprint density at radius 1 is 0.967 bits per heavy atom.